The molecule has 0 spiro atoms. The second-order valence-corrected chi connectivity index (χ2v) is 6.46. The standard InChI is InChI=1S/C24H20NO/c1-18(25-17-7-11-21-10-5-6-12-23(21)25)24(26)22-15-13-20(14-16-22)19-8-3-2-4-9-19/h2-18H,1H3/q+1/t18-/m0/s1. The van der Waals surface area contributed by atoms with Crippen molar-refractivity contribution in [3.05, 3.63) is 103 Å². The average Bonchev–Trinajstić information content (AvgIpc) is 2.73. The van der Waals surface area contributed by atoms with E-state index in [1.54, 1.807) is 0 Å². The topological polar surface area (TPSA) is 20.9 Å². The lowest BCUT2D eigenvalue weighted by atomic mass is 10.00. The van der Waals surface area contributed by atoms with Crippen LogP contribution in [0.3, 0.4) is 0 Å². The van der Waals surface area contributed by atoms with E-state index in [1.165, 1.54) is 0 Å². The number of pyridine rings is 1. The van der Waals surface area contributed by atoms with Crippen LogP contribution in [0.25, 0.3) is 22.0 Å². The molecule has 2 nitrogen and oxygen atoms in total. The van der Waals surface area contributed by atoms with Crippen LogP contribution in [0.2, 0.25) is 0 Å². The van der Waals surface area contributed by atoms with E-state index in [9.17, 15) is 4.79 Å². The van der Waals surface area contributed by atoms with Crippen LogP contribution in [0.15, 0.2) is 97.2 Å². The van der Waals surface area contributed by atoms with Crippen molar-refractivity contribution in [2.24, 2.45) is 0 Å². The van der Waals surface area contributed by atoms with Crippen molar-refractivity contribution < 1.29 is 9.36 Å². The molecule has 26 heavy (non-hydrogen) atoms. The molecule has 0 N–H and O–H groups in total. The Balaban J connectivity index is 1.65. The number of hydrogen-bond donors (Lipinski definition) is 0. The van der Waals surface area contributed by atoms with E-state index in [4.69, 9.17) is 0 Å². The Kier molecular flexibility index (Phi) is 4.32. The number of para-hydroxylation sites is 1. The summed E-state index contributed by atoms with van der Waals surface area (Å²) in [5.74, 6) is 0.117. The number of carbonyl (C=O) groups is 1. The van der Waals surface area contributed by atoms with Gasteiger partial charge < -0.3 is 0 Å². The summed E-state index contributed by atoms with van der Waals surface area (Å²) in [6.45, 7) is 1.96. The largest absolute Gasteiger partial charge is 0.287 e. The molecule has 0 amide bonds. The Hall–Kier alpha value is -3.26. The zero-order valence-corrected chi connectivity index (χ0v) is 14.7. The Bertz CT molecular complexity index is 1050. The summed E-state index contributed by atoms with van der Waals surface area (Å²) in [7, 11) is 0. The van der Waals surface area contributed by atoms with E-state index in [0.29, 0.717) is 0 Å². The van der Waals surface area contributed by atoms with Gasteiger partial charge in [-0.1, -0.05) is 66.7 Å². The van der Waals surface area contributed by atoms with Crippen LogP contribution in [-0.4, -0.2) is 5.78 Å². The van der Waals surface area contributed by atoms with Gasteiger partial charge in [-0.15, -0.1) is 0 Å². The highest BCUT2D eigenvalue weighted by molar-refractivity contribution is 5.98. The number of ketones is 1. The maximum absolute atomic E-state index is 13.0. The fourth-order valence-corrected chi connectivity index (χ4v) is 3.35. The Morgan fingerprint density at radius 1 is 0.731 bits per heavy atom. The molecule has 2 heteroatoms. The zero-order chi connectivity index (χ0) is 17.9. The third kappa shape index (κ3) is 3.02. The molecule has 0 aliphatic heterocycles. The summed E-state index contributed by atoms with van der Waals surface area (Å²) in [6.07, 6.45) is 1.98. The lowest BCUT2D eigenvalue weighted by molar-refractivity contribution is -0.679. The predicted molar refractivity (Wildman–Crippen MR) is 105 cm³/mol. The van der Waals surface area contributed by atoms with E-state index in [-0.39, 0.29) is 11.8 Å². The number of Topliss-reactive ketones (excluding diaryl/α,β-unsaturated/α-hetero) is 1. The fourth-order valence-electron chi connectivity index (χ4n) is 3.35. The van der Waals surface area contributed by atoms with E-state index in [0.717, 1.165) is 27.6 Å². The highest BCUT2D eigenvalue weighted by atomic mass is 16.1. The first-order valence-electron chi connectivity index (χ1n) is 8.82. The Morgan fingerprint density at radius 3 is 2.12 bits per heavy atom. The number of rotatable bonds is 4. The van der Waals surface area contributed by atoms with Crippen molar-refractivity contribution in [3.63, 3.8) is 0 Å². The van der Waals surface area contributed by atoms with Crippen LogP contribution in [0.4, 0.5) is 0 Å². The van der Waals surface area contributed by atoms with Crippen LogP contribution < -0.4 is 4.57 Å². The average molecular weight is 338 g/mol. The first kappa shape index (κ1) is 16.2. The summed E-state index contributed by atoms with van der Waals surface area (Å²) in [5.41, 5.74) is 4.07. The van der Waals surface area contributed by atoms with E-state index >= 15 is 0 Å². The predicted octanol–water partition coefficient (Wildman–Crippen LogP) is 5.24. The van der Waals surface area contributed by atoms with Crippen molar-refractivity contribution in [2.45, 2.75) is 13.0 Å². The van der Waals surface area contributed by atoms with Gasteiger partial charge in [-0.3, -0.25) is 4.79 Å². The lowest BCUT2D eigenvalue weighted by Crippen LogP contribution is -2.42. The number of fused-ring (bicyclic) bond motifs is 1. The second-order valence-electron chi connectivity index (χ2n) is 6.46. The van der Waals surface area contributed by atoms with Gasteiger partial charge in [0.15, 0.2) is 6.20 Å². The molecule has 1 atom stereocenters. The fraction of sp³-hybridized carbons (Fsp3) is 0.0833. The molecule has 0 unspecified atom stereocenters. The van der Waals surface area contributed by atoms with Crippen molar-refractivity contribution in [1.29, 1.82) is 0 Å². The molecule has 4 aromatic rings. The molecule has 0 aliphatic carbocycles. The molecular formula is C24H20NO+. The monoisotopic (exact) mass is 338 g/mol. The first-order chi connectivity index (χ1) is 12.7. The van der Waals surface area contributed by atoms with Crippen LogP contribution in [0, 0.1) is 0 Å². The molecule has 0 aliphatic rings. The molecule has 4 rings (SSSR count). The van der Waals surface area contributed by atoms with Gasteiger partial charge in [-0.05, 0) is 23.3 Å². The maximum atomic E-state index is 13.0. The van der Waals surface area contributed by atoms with Crippen LogP contribution in [-0.2, 0) is 0 Å². The number of benzene rings is 3. The molecule has 0 saturated heterocycles. The van der Waals surface area contributed by atoms with Crippen LogP contribution >= 0.6 is 0 Å². The van der Waals surface area contributed by atoms with Crippen molar-refractivity contribution in [1.82, 2.24) is 0 Å². The van der Waals surface area contributed by atoms with Crippen molar-refractivity contribution in [3.8, 4) is 11.1 Å². The third-order valence-electron chi connectivity index (χ3n) is 4.81. The molecular weight excluding hydrogens is 318 g/mol. The molecule has 126 valence electrons. The Labute approximate surface area is 153 Å². The van der Waals surface area contributed by atoms with Gasteiger partial charge in [-0.2, -0.15) is 4.57 Å². The summed E-state index contributed by atoms with van der Waals surface area (Å²) >= 11 is 0. The third-order valence-corrected chi connectivity index (χ3v) is 4.81. The number of nitrogens with zero attached hydrogens (tertiary/aromatic N) is 1. The highest BCUT2D eigenvalue weighted by Gasteiger charge is 2.25. The lowest BCUT2D eigenvalue weighted by Gasteiger charge is -2.09. The van der Waals surface area contributed by atoms with Crippen molar-refractivity contribution >= 4 is 16.7 Å². The van der Waals surface area contributed by atoms with E-state index in [1.807, 2.05) is 78.4 Å². The molecule has 0 saturated carbocycles. The quantitative estimate of drug-likeness (QED) is 0.368. The molecule has 3 aromatic carbocycles. The Morgan fingerprint density at radius 2 is 1.35 bits per heavy atom. The van der Waals surface area contributed by atoms with Gasteiger partial charge in [0.1, 0.15) is 0 Å². The summed E-state index contributed by atoms with van der Waals surface area (Å²) in [5, 5.41) is 1.13. The van der Waals surface area contributed by atoms with Gasteiger partial charge >= 0.3 is 0 Å². The van der Waals surface area contributed by atoms with Gasteiger partial charge in [0.05, 0.1) is 0 Å². The summed E-state index contributed by atoms with van der Waals surface area (Å²) in [4.78, 5) is 13.0. The van der Waals surface area contributed by atoms with Gasteiger partial charge in [0.2, 0.25) is 17.3 Å². The maximum Gasteiger partial charge on any atom is 0.230 e. The van der Waals surface area contributed by atoms with E-state index in [2.05, 4.69) is 30.3 Å². The molecule has 1 aromatic heterocycles. The summed E-state index contributed by atoms with van der Waals surface area (Å²) in [6, 6.07) is 30.0. The van der Waals surface area contributed by atoms with Crippen LogP contribution in [0.5, 0.6) is 0 Å². The van der Waals surface area contributed by atoms with E-state index < -0.39 is 0 Å². The molecule has 0 fully saturated rings. The second kappa shape index (κ2) is 6.93. The van der Waals surface area contributed by atoms with Gasteiger partial charge in [-0.25, -0.2) is 0 Å². The minimum atomic E-state index is -0.260. The number of aromatic nitrogens is 1. The first-order valence-corrected chi connectivity index (χ1v) is 8.82. The summed E-state index contributed by atoms with van der Waals surface area (Å²) < 4.78 is 2.04. The number of hydrogen-bond acceptors (Lipinski definition) is 1. The van der Waals surface area contributed by atoms with Crippen molar-refractivity contribution in [2.75, 3.05) is 0 Å². The number of carbonyl (C=O) groups excluding carboxylic acids is 1. The van der Waals surface area contributed by atoms with Gasteiger partial charge in [0, 0.05) is 30.0 Å². The van der Waals surface area contributed by atoms with Crippen LogP contribution in [0.1, 0.15) is 23.3 Å². The highest BCUT2D eigenvalue weighted by Crippen LogP contribution is 2.21. The SMILES string of the molecule is C[C@@H](C(=O)c1ccc(-c2ccccc2)cc1)[n+]1cccc2ccccc21. The molecule has 1 heterocycles. The normalized spacial score (nSPS) is 12.0. The van der Waals surface area contributed by atoms with Gasteiger partial charge in [0.25, 0.3) is 0 Å². The zero-order valence-electron chi connectivity index (χ0n) is 14.7. The molecule has 0 bridgehead atoms. The molecule has 0 radical (unpaired) electrons. The minimum Gasteiger partial charge on any atom is -0.287 e. The smallest absolute Gasteiger partial charge is 0.230 e. The minimum absolute atomic E-state index is 0.117.